The number of hydrogen-bond donors (Lipinski definition) is 0. The van der Waals surface area contributed by atoms with Crippen LogP contribution in [0.5, 0.6) is 0 Å². The molecule has 0 amide bonds. The van der Waals surface area contributed by atoms with E-state index < -0.39 is 0 Å². The molecular weight excluding hydrogens is 272 g/mol. The number of carbonyl (C=O) groups is 1. The number of ether oxygens (including phenoxy) is 1. The molecule has 0 spiro atoms. The highest BCUT2D eigenvalue weighted by atomic mass is 16.5. The molecule has 1 aliphatic rings. The van der Waals surface area contributed by atoms with Crippen molar-refractivity contribution in [3.63, 3.8) is 0 Å². The van der Waals surface area contributed by atoms with Gasteiger partial charge in [0.05, 0.1) is 12.5 Å². The molecular formula is C20H38O2. The van der Waals surface area contributed by atoms with Gasteiger partial charge in [0.1, 0.15) is 0 Å². The van der Waals surface area contributed by atoms with Gasteiger partial charge >= 0.3 is 5.97 Å². The van der Waals surface area contributed by atoms with Crippen LogP contribution in [0.3, 0.4) is 0 Å². The van der Waals surface area contributed by atoms with Crippen molar-refractivity contribution in [2.75, 3.05) is 6.61 Å². The highest BCUT2D eigenvalue weighted by Crippen LogP contribution is 2.29. The summed E-state index contributed by atoms with van der Waals surface area (Å²) in [6, 6.07) is 0. The van der Waals surface area contributed by atoms with E-state index >= 15 is 0 Å². The minimum atomic E-state index is 0.0721. The van der Waals surface area contributed by atoms with Gasteiger partial charge in [-0.1, -0.05) is 71.6 Å². The number of hydrogen-bond acceptors (Lipinski definition) is 2. The van der Waals surface area contributed by atoms with E-state index in [1.807, 2.05) is 0 Å². The van der Waals surface area contributed by atoms with Gasteiger partial charge in [0, 0.05) is 0 Å². The molecule has 1 fully saturated rings. The summed E-state index contributed by atoms with van der Waals surface area (Å²) < 4.78 is 5.45. The predicted molar refractivity (Wildman–Crippen MR) is 93.9 cm³/mol. The molecule has 0 bridgehead atoms. The predicted octanol–water partition coefficient (Wildman–Crippen LogP) is 6.28. The molecule has 0 aliphatic heterocycles. The lowest BCUT2D eigenvalue weighted by molar-refractivity contribution is -0.150. The second kappa shape index (κ2) is 13.0. The second-order valence-corrected chi connectivity index (χ2v) is 7.31. The monoisotopic (exact) mass is 310 g/mol. The van der Waals surface area contributed by atoms with Crippen molar-refractivity contribution < 1.29 is 9.53 Å². The summed E-state index contributed by atoms with van der Waals surface area (Å²) in [5, 5.41) is 0. The van der Waals surface area contributed by atoms with Crippen LogP contribution in [0.2, 0.25) is 0 Å². The third-order valence-electron chi connectivity index (χ3n) is 5.09. The zero-order valence-electron chi connectivity index (χ0n) is 15.1. The summed E-state index contributed by atoms with van der Waals surface area (Å²) in [4.78, 5) is 11.9. The molecule has 1 saturated carbocycles. The molecule has 0 unspecified atom stereocenters. The van der Waals surface area contributed by atoms with E-state index in [4.69, 9.17) is 4.74 Å². The van der Waals surface area contributed by atoms with E-state index in [0.29, 0.717) is 6.61 Å². The molecule has 2 nitrogen and oxygen atoms in total. The van der Waals surface area contributed by atoms with Crippen LogP contribution in [0.4, 0.5) is 0 Å². The van der Waals surface area contributed by atoms with Crippen molar-refractivity contribution in [3.05, 3.63) is 0 Å². The first-order valence-electron chi connectivity index (χ1n) is 9.90. The quantitative estimate of drug-likeness (QED) is 0.313. The van der Waals surface area contributed by atoms with E-state index in [0.717, 1.165) is 25.2 Å². The summed E-state index contributed by atoms with van der Waals surface area (Å²) in [7, 11) is 0. The Morgan fingerprint density at radius 1 is 0.818 bits per heavy atom. The highest BCUT2D eigenvalue weighted by molar-refractivity contribution is 5.72. The van der Waals surface area contributed by atoms with Crippen molar-refractivity contribution in [2.24, 2.45) is 11.8 Å². The summed E-state index contributed by atoms with van der Waals surface area (Å²) in [6.07, 6.45) is 17.7. The zero-order valence-corrected chi connectivity index (χ0v) is 15.1. The lowest BCUT2D eigenvalue weighted by atomic mass is 9.83. The minimum Gasteiger partial charge on any atom is -0.465 e. The average Bonchev–Trinajstić information content (AvgIpc) is 2.53. The maximum absolute atomic E-state index is 11.9. The van der Waals surface area contributed by atoms with E-state index in [9.17, 15) is 4.79 Å². The van der Waals surface area contributed by atoms with Crippen LogP contribution in [0.25, 0.3) is 0 Å². The van der Waals surface area contributed by atoms with Gasteiger partial charge in [-0.25, -0.2) is 0 Å². The summed E-state index contributed by atoms with van der Waals surface area (Å²) in [5.41, 5.74) is 0. The minimum absolute atomic E-state index is 0.0721. The van der Waals surface area contributed by atoms with Gasteiger partial charge in [-0.15, -0.1) is 0 Å². The smallest absolute Gasteiger partial charge is 0.308 e. The SMILES string of the molecule is CCCCCCCCCCCCOC(=O)C1CCC(C)CC1. The van der Waals surface area contributed by atoms with Crippen molar-refractivity contribution in [2.45, 2.75) is 104 Å². The van der Waals surface area contributed by atoms with Crippen molar-refractivity contribution in [1.29, 1.82) is 0 Å². The molecule has 0 radical (unpaired) electrons. The van der Waals surface area contributed by atoms with Gasteiger partial charge in [-0.05, 0) is 38.0 Å². The van der Waals surface area contributed by atoms with Crippen molar-refractivity contribution in [1.82, 2.24) is 0 Å². The Bertz CT molecular complexity index is 267. The number of esters is 1. The first-order chi connectivity index (χ1) is 10.7. The number of carbonyl (C=O) groups excluding carboxylic acids is 1. The van der Waals surface area contributed by atoms with Crippen LogP contribution in [0.15, 0.2) is 0 Å². The first kappa shape index (κ1) is 19.5. The molecule has 0 aromatic heterocycles. The van der Waals surface area contributed by atoms with Crippen LogP contribution in [-0.4, -0.2) is 12.6 Å². The molecule has 2 heteroatoms. The Morgan fingerprint density at radius 3 is 1.86 bits per heavy atom. The largest absolute Gasteiger partial charge is 0.465 e. The van der Waals surface area contributed by atoms with E-state index in [-0.39, 0.29) is 11.9 Å². The number of rotatable bonds is 12. The van der Waals surface area contributed by atoms with Gasteiger partial charge < -0.3 is 4.74 Å². The van der Waals surface area contributed by atoms with Crippen molar-refractivity contribution in [3.8, 4) is 0 Å². The summed E-state index contributed by atoms with van der Waals surface area (Å²) in [5.74, 6) is 1.06. The summed E-state index contributed by atoms with van der Waals surface area (Å²) >= 11 is 0. The molecule has 0 aromatic carbocycles. The van der Waals surface area contributed by atoms with Crippen LogP contribution in [-0.2, 0) is 9.53 Å². The Hall–Kier alpha value is -0.530. The van der Waals surface area contributed by atoms with E-state index in [1.54, 1.807) is 0 Å². The Balaban J connectivity index is 1.84. The topological polar surface area (TPSA) is 26.3 Å². The highest BCUT2D eigenvalue weighted by Gasteiger charge is 2.25. The Labute approximate surface area is 138 Å². The second-order valence-electron chi connectivity index (χ2n) is 7.31. The third kappa shape index (κ3) is 9.48. The fourth-order valence-electron chi connectivity index (χ4n) is 3.38. The molecule has 130 valence electrons. The molecule has 22 heavy (non-hydrogen) atoms. The van der Waals surface area contributed by atoms with Gasteiger partial charge in [-0.3, -0.25) is 4.79 Å². The normalized spacial score (nSPS) is 21.7. The lowest BCUT2D eigenvalue weighted by Crippen LogP contribution is -2.23. The standard InChI is InChI=1S/C20H38O2/c1-3-4-5-6-7-8-9-10-11-12-17-22-20(21)19-15-13-18(2)14-16-19/h18-19H,3-17H2,1-2H3. The molecule has 1 rings (SSSR count). The van der Waals surface area contributed by atoms with E-state index in [2.05, 4.69) is 13.8 Å². The van der Waals surface area contributed by atoms with Crippen molar-refractivity contribution >= 4 is 5.97 Å². The molecule has 1 aliphatic carbocycles. The molecule has 0 aromatic rings. The number of unbranched alkanes of at least 4 members (excludes halogenated alkanes) is 9. The maximum atomic E-state index is 11.9. The van der Waals surface area contributed by atoms with Crippen LogP contribution >= 0.6 is 0 Å². The van der Waals surface area contributed by atoms with E-state index in [1.165, 1.54) is 70.6 Å². The summed E-state index contributed by atoms with van der Waals surface area (Å²) in [6.45, 7) is 5.19. The van der Waals surface area contributed by atoms with Gasteiger partial charge in [0.2, 0.25) is 0 Å². The van der Waals surface area contributed by atoms with Crippen LogP contribution in [0, 0.1) is 11.8 Å². The lowest BCUT2D eigenvalue weighted by Gasteiger charge is -2.24. The molecule has 0 atom stereocenters. The Morgan fingerprint density at radius 2 is 1.32 bits per heavy atom. The van der Waals surface area contributed by atoms with Crippen LogP contribution in [0.1, 0.15) is 104 Å². The first-order valence-corrected chi connectivity index (χ1v) is 9.90. The molecule has 0 heterocycles. The molecule has 0 N–H and O–H groups in total. The van der Waals surface area contributed by atoms with Gasteiger partial charge in [-0.2, -0.15) is 0 Å². The van der Waals surface area contributed by atoms with Gasteiger partial charge in [0.15, 0.2) is 0 Å². The third-order valence-corrected chi connectivity index (χ3v) is 5.09. The Kier molecular flexibility index (Phi) is 11.5. The van der Waals surface area contributed by atoms with Gasteiger partial charge in [0.25, 0.3) is 0 Å². The maximum Gasteiger partial charge on any atom is 0.308 e. The fourth-order valence-corrected chi connectivity index (χ4v) is 3.38. The fraction of sp³-hybridized carbons (Fsp3) is 0.950. The molecule has 0 saturated heterocycles. The average molecular weight is 311 g/mol. The van der Waals surface area contributed by atoms with Crippen LogP contribution < -0.4 is 0 Å². The zero-order chi connectivity index (χ0) is 16.0.